The van der Waals surface area contributed by atoms with Crippen LogP contribution in [0, 0.1) is 0 Å². The first-order chi connectivity index (χ1) is 8.56. The van der Waals surface area contributed by atoms with E-state index >= 15 is 0 Å². The Bertz CT molecular complexity index is 542. The predicted molar refractivity (Wildman–Crippen MR) is 69.5 cm³/mol. The zero-order chi connectivity index (χ0) is 13.1. The smallest absolute Gasteiger partial charge is 0.277 e. The van der Waals surface area contributed by atoms with E-state index in [0.717, 1.165) is 5.69 Å². The van der Waals surface area contributed by atoms with Crippen LogP contribution in [-0.2, 0) is 7.05 Å². The number of hydrogen-bond donors (Lipinski definition) is 1. The third-order valence-electron chi connectivity index (χ3n) is 2.67. The van der Waals surface area contributed by atoms with Crippen LogP contribution in [0.4, 0.5) is 5.69 Å². The minimum Gasteiger partial charge on any atom is -0.321 e. The van der Waals surface area contributed by atoms with E-state index in [4.69, 9.17) is 0 Å². The number of carbonyl (C=O) groups is 1. The van der Waals surface area contributed by atoms with Crippen molar-refractivity contribution in [1.29, 1.82) is 0 Å². The van der Waals surface area contributed by atoms with Gasteiger partial charge in [-0.15, -0.1) is 5.10 Å². The molecule has 18 heavy (non-hydrogen) atoms. The van der Waals surface area contributed by atoms with Gasteiger partial charge in [0, 0.05) is 12.7 Å². The topological polar surface area (TPSA) is 59.8 Å². The highest BCUT2D eigenvalue weighted by Crippen LogP contribution is 2.17. The van der Waals surface area contributed by atoms with Gasteiger partial charge < -0.3 is 5.32 Å². The van der Waals surface area contributed by atoms with Gasteiger partial charge in [-0.25, -0.2) is 0 Å². The van der Waals surface area contributed by atoms with Crippen LogP contribution in [-0.4, -0.2) is 20.9 Å². The zero-order valence-corrected chi connectivity index (χ0v) is 10.7. The second-order valence-electron chi connectivity index (χ2n) is 4.51. The normalized spacial score (nSPS) is 10.7. The highest BCUT2D eigenvalue weighted by Gasteiger charge is 2.10. The Labute approximate surface area is 106 Å². The first-order valence-corrected chi connectivity index (χ1v) is 5.84. The molecule has 0 saturated heterocycles. The first kappa shape index (κ1) is 12.3. The molecular formula is C13H16N4O. The third kappa shape index (κ3) is 2.74. The standard InChI is InChI=1S/C13H16N4O/c1-9(2)10-4-6-11(7-5-10)14-13(18)12-8-17(3)16-15-12/h4-9H,1-3H3,(H,14,18). The summed E-state index contributed by atoms with van der Waals surface area (Å²) in [6.45, 7) is 4.26. The summed E-state index contributed by atoms with van der Waals surface area (Å²) in [4.78, 5) is 11.8. The van der Waals surface area contributed by atoms with Crippen molar-refractivity contribution in [3.63, 3.8) is 0 Å². The van der Waals surface area contributed by atoms with Crippen molar-refractivity contribution in [1.82, 2.24) is 15.0 Å². The van der Waals surface area contributed by atoms with E-state index in [2.05, 4.69) is 29.5 Å². The molecule has 0 unspecified atom stereocenters. The van der Waals surface area contributed by atoms with Crippen LogP contribution in [0.5, 0.6) is 0 Å². The lowest BCUT2D eigenvalue weighted by Crippen LogP contribution is -2.12. The van der Waals surface area contributed by atoms with Crippen LogP contribution in [0.25, 0.3) is 0 Å². The monoisotopic (exact) mass is 244 g/mol. The fraction of sp³-hybridized carbons (Fsp3) is 0.308. The summed E-state index contributed by atoms with van der Waals surface area (Å²) in [5, 5.41) is 10.3. The van der Waals surface area contributed by atoms with Crippen LogP contribution in [0.1, 0.15) is 35.8 Å². The molecule has 0 bridgehead atoms. The average molecular weight is 244 g/mol. The maximum Gasteiger partial charge on any atom is 0.277 e. The fourth-order valence-electron chi connectivity index (χ4n) is 1.60. The molecule has 5 heteroatoms. The van der Waals surface area contributed by atoms with Crippen molar-refractivity contribution in [3.05, 3.63) is 41.7 Å². The minimum atomic E-state index is -0.250. The van der Waals surface area contributed by atoms with Gasteiger partial charge in [0.1, 0.15) is 0 Å². The van der Waals surface area contributed by atoms with Crippen molar-refractivity contribution in [2.75, 3.05) is 5.32 Å². The van der Waals surface area contributed by atoms with Crippen molar-refractivity contribution in [3.8, 4) is 0 Å². The van der Waals surface area contributed by atoms with E-state index in [0.29, 0.717) is 11.6 Å². The molecule has 0 fully saturated rings. The molecule has 0 atom stereocenters. The Morgan fingerprint density at radius 3 is 2.44 bits per heavy atom. The molecule has 0 aliphatic heterocycles. The van der Waals surface area contributed by atoms with Crippen LogP contribution in [0.15, 0.2) is 30.5 Å². The van der Waals surface area contributed by atoms with Crippen molar-refractivity contribution >= 4 is 11.6 Å². The molecule has 2 rings (SSSR count). The van der Waals surface area contributed by atoms with E-state index in [1.165, 1.54) is 10.2 Å². The summed E-state index contributed by atoms with van der Waals surface area (Å²) in [5.74, 6) is 0.232. The minimum absolute atomic E-state index is 0.250. The van der Waals surface area contributed by atoms with Gasteiger partial charge in [0.05, 0.1) is 6.20 Å². The third-order valence-corrected chi connectivity index (χ3v) is 2.67. The molecule has 1 N–H and O–H groups in total. The van der Waals surface area contributed by atoms with Gasteiger partial charge in [0.25, 0.3) is 5.91 Å². The molecule has 1 aromatic carbocycles. The van der Waals surface area contributed by atoms with Crippen LogP contribution in [0.2, 0.25) is 0 Å². The van der Waals surface area contributed by atoms with Crippen LogP contribution >= 0.6 is 0 Å². The SMILES string of the molecule is CC(C)c1ccc(NC(=O)c2cn(C)nn2)cc1. The molecule has 0 aliphatic rings. The second-order valence-corrected chi connectivity index (χ2v) is 4.51. The molecular weight excluding hydrogens is 228 g/mol. The number of benzene rings is 1. The summed E-state index contributed by atoms with van der Waals surface area (Å²) in [7, 11) is 1.72. The molecule has 5 nitrogen and oxygen atoms in total. The number of anilines is 1. The zero-order valence-electron chi connectivity index (χ0n) is 10.7. The quantitative estimate of drug-likeness (QED) is 0.900. The van der Waals surface area contributed by atoms with Gasteiger partial charge in [-0.05, 0) is 23.6 Å². The molecule has 94 valence electrons. The molecule has 2 aromatic rings. The van der Waals surface area contributed by atoms with E-state index in [-0.39, 0.29) is 5.91 Å². The maximum absolute atomic E-state index is 11.8. The van der Waals surface area contributed by atoms with Gasteiger partial charge >= 0.3 is 0 Å². The molecule has 0 saturated carbocycles. The van der Waals surface area contributed by atoms with Gasteiger partial charge in [-0.1, -0.05) is 31.2 Å². The number of hydrogen-bond acceptors (Lipinski definition) is 3. The lowest BCUT2D eigenvalue weighted by atomic mass is 10.0. The van der Waals surface area contributed by atoms with E-state index < -0.39 is 0 Å². The van der Waals surface area contributed by atoms with Gasteiger partial charge in [-0.3, -0.25) is 9.48 Å². The number of nitrogens with one attached hydrogen (secondary N) is 1. The summed E-state index contributed by atoms with van der Waals surface area (Å²) in [6.07, 6.45) is 1.58. The first-order valence-electron chi connectivity index (χ1n) is 5.84. The second kappa shape index (κ2) is 5.00. The largest absolute Gasteiger partial charge is 0.321 e. The van der Waals surface area contributed by atoms with Crippen LogP contribution < -0.4 is 5.32 Å². The average Bonchev–Trinajstić information content (AvgIpc) is 2.76. The molecule has 1 aromatic heterocycles. The van der Waals surface area contributed by atoms with E-state index in [1.54, 1.807) is 13.2 Å². The van der Waals surface area contributed by atoms with E-state index in [9.17, 15) is 4.79 Å². The summed E-state index contributed by atoms with van der Waals surface area (Å²) >= 11 is 0. The summed E-state index contributed by atoms with van der Waals surface area (Å²) in [5.41, 5.74) is 2.31. The summed E-state index contributed by atoms with van der Waals surface area (Å²) < 4.78 is 1.50. The molecule has 0 radical (unpaired) electrons. The van der Waals surface area contributed by atoms with Gasteiger partial charge in [-0.2, -0.15) is 0 Å². The molecule has 1 heterocycles. The van der Waals surface area contributed by atoms with Crippen molar-refractivity contribution in [2.24, 2.45) is 7.05 Å². The number of amides is 1. The fourth-order valence-corrected chi connectivity index (χ4v) is 1.60. The van der Waals surface area contributed by atoms with E-state index in [1.807, 2.05) is 24.3 Å². The number of aryl methyl sites for hydroxylation is 1. The Morgan fingerprint density at radius 1 is 1.28 bits per heavy atom. The van der Waals surface area contributed by atoms with Crippen molar-refractivity contribution in [2.45, 2.75) is 19.8 Å². The highest BCUT2D eigenvalue weighted by molar-refractivity contribution is 6.02. The summed E-state index contributed by atoms with van der Waals surface area (Å²) in [6, 6.07) is 7.81. The Hall–Kier alpha value is -2.17. The number of aromatic nitrogens is 3. The number of carbonyl (C=O) groups excluding carboxylic acids is 1. The molecule has 1 amide bonds. The van der Waals surface area contributed by atoms with Crippen molar-refractivity contribution < 1.29 is 4.79 Å². The van der Waals surface area contributed by atoms with Gasteiger partial charge in [0.15, 0.2) is 5.69 Å². The Morgan fingerprint density at radius 2 is 1.94 bits per heavy atom. The molecule has 0 aliphatic carbocycles. The lowest BCUT2D eigenvalue weighted by molar-refractivity contribution is 0.102. The highest BCUT2D eigenvalue weighted by atomic mass is 16.2. The Kier molecular flexibility index (Phi) is 3.41. The Balaban J connectivity index is 2.07. The number of nitrogens with zero attached hydrogens (tertiary/aromatic N) is 3. The predicted octanol–water partition coefficient (Wildman–Crippen LogP) is 2.19. The molecule has 0 spiro atoms. The number of rotatable bonds is 3. The van der Waals surface area contributed by atoms with Gasteiger partial charge in [0.2, 0.25) is 0 Å². The van der Waals surface area contributed by atoms with Crippen LogP contribution in [0.3, 0.4) is 0 Å². The maximum atomic E-state index is 11.8. The lowest BCUT2D eigenvalue weighted by Gasteiger charge is -2.07.